The normalized spacial score (nSPS) is 15.0. The van der Waals surface area contributed by atoms with Crippen LogP contribution in [-0.4, -0.2) is 51.9 Å². The van der Waals surface area contributed by atoms with Crippen molar-refractivity contribution >= 4 is 11.7 Å². The Morgan fingerprint density at radius 3 is 2.50 bits per heavy atom. The maximum Gasteiger partial charge on any atom is 0.272 e. The van der Waals surface area contributed by atoms with Gasteiger partial charge in [-0.1, -0.05) is 6.07 Å². The molecule has 0 spiro atoms. The Balaban J connectivity index is 1.65. The summed E-state index contributed by atoms with van der Waals surface area (Å²) in [7, 11) is 0. The molecule has 1 amide bonds. The molecule has 2 aromatic heterocycles. The molecule has 6 nitrogen and oxygen atoms in total. The zero-order chi connectivity index (χ0) is 15.5. The number of pyridine rings is 1. The maximum absolute atomic E-state index is 12.5. The van der Waals surface area contributed by atoms with E-state index in [1.165, 1.54) is 0 Å². The number of amides is 1. The van der Waals surface area contributed by atoms with Gasteiger partial charge in [0.05, 0.1) is 0 Å². The molecular formula is C16H19N5O. The molecule has 1 saturated heterocycles. The molecule has 114 valence electrons. The summed E-state index contributed by atoms with van der Waals surface area (Å²) < 4.78 is 0. The van der Waals surface area contributed by atoms with Gasteiger partial charge in [0.25, 0.3) is 5.91 Å². The number of hydrogen-bond acceptors (Lipinski definition) is 5. The first kappa shape index (κ1) is 14.4. The first-order chi connectivity index (χ1) is 10.6. The van der Waals surface area contributed by atoms with E-state index < -0.39 is 0 Å². The minimum absolute atomic E-state index is 0.00205. The fourth-order valence-corrected chi connectivity index (χ4v) is 2.58. The van der Waals surface area contributed by atoms with Crippen LogP contribution in [0.1, 0.15) is 22.0 Å². The summed E-state index contributed by atoms with van der Waals surface area (Å²) in [4.78, 5) is 29.4. The molecule has 3 heterocycles. The molecule has 0 saturated carbocycles. The molecule has 6 heteroatoms. The van der Waals surface area contributed by atoms with Gasteiger partial charge in [0.2, 0.25) is 0 Å². The second-order valence-corrected chi connectivity index (χ2v) is 5.41. The molecule has 1 aliphatic heterocycles. The summed E-state index contributed by atoms with van der Waals surface area (Å²) >= 11 is 0. The van der Waals surface area contributed by atoms with Gasteiger partial charge >= 0.3 is 0 Å². The number of piperazine rings is 1. The van der Waals surface area contributed by atoms with Crippen LogP contribution >= 0.6 is 0 Å². The van der Waals surface area contributed by atoms with Gasteiger partial charge in [-0.3, -0.25) is 4.79 Å². The van der Waals surface area contributed by atoms with Crippen molar-refractivity contribution < 1.29 is 4.79 Å². The van der Waals surface area contributed by atoms with Crippen molar-refractivity contribution in [3.63, 3.8) is 0 Å². The molecular weight excluding hydrogens is 278 g/mol. The van der Waals surface area contributed by atoms with E-state index in [4.69, 9.17) is 0 Å². The van der Waals surface area contributed by atoms with Crippen molar-refractivity contribution in [2.75, 3.05) is 31.1 Å². The van der Waals surface area contributed by atoms with Gasteiger partial charge in [-0.15, -0.1) is 0 Å². The number of rotatable bonds is 2. The number of carbonyl (C=O) groups is 1. The summed E-state index contributed by atoms with van der Waals surface area (Å²) in [6.07, 6.45) is 1.77. The molecule has 0 unspecified atom stereocenters. The Morgan fingerprint density at radius 2 is 1.82 bits per heavy atom. The molecule has 0 aromatic carbocycles. The van der Waals surface area contributed by atoms with Crippen molar-refractivity contribution in [2.24, 2.45) is 0 Å². The summed E-state index contributed by atoms with van der Waals surface area (Å²) in [6.45, 7) is 6.68. The van der Waals surface area contributed by atoms with E-state index in [9.17, 15) is 4.79 Å². The highest BCUT2D eigenvalue weighted by molar-refractivity contribution is 5.92. The Hall–Kier alpha value is -2.50. The van der Waals surface area contributed by atoms with Crippen LogP contribution in [-0.2, 0) is 0 Å². The second kappa shape index (κ2) is 6.09. The highest BCUT2D eigenvalue weighted by atomic mass is 16.2. The average Bonchev–Trinajstić information content (AvgIpc) is 2.54. The van der Waals surface area contributed by atoms with Gasteiger partial charge in [-0.2, -0.15) is 0 Å². The number of aromatic nitrogens is 3. The molecule has 1 fully saturated rings. The van der Waals surface area contributed by atoms with Crippen molar-refractivity contribution in [3.8, 4) is 0 Å². The molecule has 2 aromatic rings. The third-order valence-corrected chi connectivity index (χ3v) is 3.76. The standard InChI is InChI=1S/C16H19N5O/c1-12-4-3-5-14(18-12)16(22)21-10-8-20(9-11-21)15-6-7-17-13(2)19-15/h3-7H,8-11H2,1-2H3. The first-order valence-electron chi connectivity index (χ1n) is 7.41. The molecule has 0 aliphatic carbocycles. The number of anilines is 1. The van der Waals surface area contributed by atoms with Crippen LogP contribution in [0.4, 0.5) is 5.82 Å². The minimum atomic E-state index is 0.00205. The lowest BCUT2D eigenvalue weighted by molar-refractivity contribution is 0.0740. The van der Waals surface area contributed by atoms with Gasteiger partial charge in [0, 0.05) is 38.1 Å². The minimum Gasteiger partial charge on any atom is -0.353 e. The second-order valence-electron chi connectivity index (χ2n) is 5.41. The lowest BCUT2D eigenvalue weighted by atomic mass is 10.2. The Morgan fingerprint density at radius 1 is 1.05 bits per heavy atom. The molecule has 0 N–H and O–H groups in total. The quantitative estimate of drug-likeness (QED) is 0.839. The largest absolute Gasteiger partial charge is 0.353 e. The monoisotopic (exact) mass is 297 g/mol. The van der Waals surface area contributed by atoms with E-state index in [0.717, 1.165) is 30.4 Å². The molecule has 0 bridgehead atoms. The summed E-state index contributed by atoms with van der Waals surface area (Å²) in [5.41, 5.74) is 1.38. The fourth-order valence-electron chi connectivity index (χ4n) is 2.58. The van der Waals surface area contributed by atoms with E-state index in [1.807, 2.05) is 36.9 Å². The Kier molecular flexibility index (Phi) is 4.00. The van der Waals surface area contributed by atoms with Gasteiger partial charge in [0.1, 0.15) is 17.3 Å². The average molecular weight is 297 g/mol. The topological polar surface area (TPSA) is 62.2 Å². The van der Waals surface area contributed by atoms with Crippen molar-refractivity contribution in [1.29, 1.82) is 0 Å². The van der Waals surface area contributed by atoms with Gasteiger partial charge in [-0.25, -0.2) is 15.0 Å². The molecule has 3 rings (SSSR count). The zero-order valence-corrected chi connectivity index (χ0v) is 12.9. The third-order valence-electron chi connectivity index (χ3n) is 3.76. The molecule has 0 atom stereocenters. The number of hydrogen-bond donors (Lipinski definition) is 0. The van der Waals surface area contributed by atoms with Crippen LogP contribution < -0.4 is 4.90 Å². The molecule has 0 radical (unpaired) electrons. The third kappa shape index (κ3) is 3.05. The van der Waals surface area contributed by atoms with Crippen LogP contribution in [0.3, 0.4) is 0 Å². The van der Waals surface area contributed by atoms with Crippen molar-refractivity contribution in [1.82, 2.24) is 19.9 Å². The fraction of sp³-hybridized carbons (Fsp3) is 0.375. The van der Waals surface area contributed by atoms with E-state index in [-0.39, 0.29) is 5.91 Å². The molecule has 22 heavy (non-hydrogen) atoms. The Labute approximate surface area is 129 Å². The first-order valence-corrected chi connectivity index (χ1v) is 7.41. The zero-order valence-electron chi connectivity index (χ0n) is 12.9. The number of nitrogens with zero attached hydrogens (tertiary/aromatic N) is 5. The summed E-state index contributed by atoms with van der Waals surface area (Å²) in [5, 5.41) is 0. The van der Waals surface area contributed by atoms with Crippen molar-refractivity contribution in [3.05, 3.63) is 47.7 Å². The van der Waals surface area contributed by atoms with E-state index in [0.29, 0.717) is 18.8 Å². The van der Waals surface area contributed by atoms with Crippen LogP contribution in [0.2, 0.25) is 0 Å². The lowest BCUT2D eigenvalue weighted by Crippen LogP contribution is -2.49. The summed E-state index contributed by atoms with van der Waals surface area (Å²) in [5.74, 6) is 1.69. The predicted molar refractivity (Wildman–Crippen MR) is 83.9 cm³/mol. The van der Waals surface area contributed by atoms with E-state index in [2.05, 4.69) is 19.9 Å². The lowest BCUT2D eigenvalue weighted by Gasteiger charge is -2.35. The predicted octanol–water partition coefficient (Wildman–Crippen LogP) is 1.45. The smallest absolute Gasteiger partial charge is 0.272 e. The maximum atomic E-state index is 12.5. The SMILES string of the molecule is Cc1cccc(C(=O)N2CCN(c3ccnc(C)n3)CC2)n1. The van der Waals surface area contributed by atoms with E-state index >= 15 is 0 Å². The van der Waals surface area contributed by atoms with Crippen LogP contribution in [0.15, 0.2) is 30.5 Å². The van der Waals surface area contributed by atoms with Crippen LogP contribution in [0, 0.1) is 13.8 Å². The van der Waals surface area contributed by atoms with Crippen LogP contribution in [0.25, 0.3) is 0 Å². The summed E-state index contributed by atoms with van der Waals surface area (Å²) in [6, 6.07) is 7.45. The number of aryl methyl sites for hydroxylation is 2. The van der Waals surface area contributed by atoms with Gasteiger partial charge in [0.15, 0.2) is 0 Å². The van der Waals surface area contributed by atoms with Gasteiger partial charge in [-0.05, 0) is 32.0 Å². The number of carbonyl (C=O) groups excluding carboxylic acids is 1. The Bertz CT molecular complexity index is 680. The highest BCUT2D eigenvalue weighted by Crippen LogP contribution is 2.14. The van der Waals surface area contributed by atoms with Crippen LogP contribution in [0.5, 0.6) is 0 Å². The highest BCUT2D eigenvalue weighted by Gasteiger charge is 2.23. The van der Waals surface area contributed by atoms with E-state index in [1.54, 1.807) is 12.3 Å². The van der Waals surface area contributed by atoms with Gasteiger partial charge < -0.3 is 9.80 Å². The molecule has 1 aliphatic rings. The van der Waals surface area contributed by atoms with Crippen molar-refractivity contribution in [2.45, 2.75) is 13.8 Å².